The maximum absolute atomic E-state index is 11.8. The van der Waals surface area contributed by atoms with E-state index in [1.165, 1.54) is 0 Å². The second kappa shape index (κ2) is 12.7. The molecule has 2 fully saturated rings. The van der Waals surface area contributed by atoms with Crippen molar-refractivity contribution in [2.24, 2.45) is 11.8 Å². The number of fused-ring (bicyclic) bond motifs is 1. The standard InChI is InChI=1S/C16H24N4O.2C2HF3O2/c1-18(2)16(21)12-20-9-13-7-19(8-14(13)10-20)11-15-5-3-4-6-17-15;2*3-2(4,5)1(6)7/h3-6,13-14H,7-12H2,1-2H3;2*(H,6,7)/t13-,14+;;. The molecule has 2 N–H and O–H groups in total. The second-order valence-electron chi connectivity index (χ2n) is 8.12. The lowest BCUT2D eigenvalue weighted by atomic mass is 10.0. The molecule has 35 heavy (non-hydrogen) atoms. The van der Waals surface area contributed by atoms with E-state index in [9.17, 15) is 31.1 Å². The predicted molar refractivity (Wildman–Crippen MR) is 109 cm³/mol. The molecule has 2 aliphatic rings. The van der Waals surface area contributed by atoms with E-state index in [4.69, 9.17) is 19.8 Å². The van der Waals surface area contributed by atoms with Gasteiger partial charge >= 0.3 is 24.3 Å². The number of aliphatic carboxylic acids is 2. The quantitative estimate of drug-likeness (QED) is 0.583. The molecule has 9 nitrogen and oxygen atoms in total. The molecule has 0 aliphatic carbocycles. The van der Waals surface area contributed by atoms with Gasteiger partial charge in [0.05, 0.1) is 12.2 Å². The van der Waals surface area contributed by atoms with Crippen molar-refractivity contribution in [1.82, 2.24) is 19.7 Å². The van der Waals surface area contributed by atoms with E-state index in [-0.39, 0.29) is 5.91 Å². The summed E-state index contributed by atoms with van der Waals surface area (Å²) in [6.07, 6.45) is -8.30. The fraction of sp³-hybridized carbons (Fsp3) is 0.600. The molecule has 3 rings (SSSR count). The van der Waals surface area contributed by atoms with Crippen molar-refractivity contribution in [3.05, 3.63) is 30.1 Å². The first kappa shape index (κ1) is 30.1. The number of likely N-dealkylation sites (N-methyl/N-ethyl adjacent to an activating group) is 1. The molecule has 15 heteroatoms. The molecular weight excluding hydrogens is 490 g/mol. The molecule has 0 saturated carbocycles. The molecule has 0 radical (unpaired) electrons. The van der Waals surface area contributed by atoms with Crippen LogP contribution in [0.15, 0.2) is 24.4 Å². The summed E-state index contributed by atoms with van der Waals surface area (Å²) in [5, 5.41) is 14.2. The topological polar surface area (TPSA) is 114 Å². The van der Waals surface area contributed by atoms with Crippen molar-refractivity contribution in [2.75, 3.05) is 46.8 Å². The zero-order valence-corrected chi connectivity index (χ0v) is 18.9. The third kappa shape index (κ3) is 10.9. The van der Waals surface area contributed by atoms with Crippen LogP contribution in [0.2, 0.25) is 0 Å². The SMILES string of the molecule is CN(C)C(=O)CN1C[C@@H]2CN(Cc3ccccn3)C[C@@H]2C1.O=C(O)C(F)(F)F.O=C(O)C(F)(F)F. The molecule has 1 aromatic rings. The predicted octanol–water partition coefficient (Wildman–Crippen LogP) is 1.80. The lowest BCUT2D eigenvalue weighted by molar-refractivity contribution is -0.193. The third-order valence-corrected chi connectivity index (χ3v) is 5.09. The minimum absolute atomic E-state index is 0.209. The number of hydrogen-bond acceptors (Lipinski definition) is 6. The third-order valence-electron chi connectivity index (χ3n) is 5.09. The zero-order chi connectivity index (χ0) is 27.0. The molecule has 1 amide bonds. The van der Waals surface area contributed by atoms with Gasteiger partial charge in [-0.2, -0.15) is 26.3 Å². The Morgan fingerprint density at radius 3 is 1.69 bits per heavy atom. The molecule has 0 bridgehead atoms. The Labute approximate surface area is 196 Å². The van der Waals surface area contributed by atoms with Crippen LogP contribution >= 0.6 is 0 Å². The lowest BCUT2D eigenvalue weighted by Crippen LogP contribution is -2.37. The number of carbonyl (C=O) groups excluding carboxylic acids is 1. The van der Waals surface area contributed by atoms with Crippen molar-refractivity contribution >= 4 is 17.8 Å². The number of carbonyl (C=O) groups is 3. The minimum atomic E-state index is -5.08. The van der Waals surface area contributed by atoms with E-state index in [0.717, 1.165) is 38.4 Å². The van der Waals surface area contributed by atoms with E-state index < -0.39 is 24.3 Å². The summed E-state index contributed by atoms with van der Waals surface area (Å²) >= 11 is 0. The van der Waals surface area contributed by atoms with Crippen molar-refractivity contribution < 1.29 is 50.9 Å². The van der Waals surface area contributed by atoms with Crippen LogP contribution in [0, 0.1) is 11.8 Å². The van der Waals surface area contributed by atoms with Crippen LogP contribution < -0.4 is 0 Å². The lowest BCUT2D eigenvalue weighted by Gasteiger charge is -2.22. The van der Waals surface area contributed by atoms with Crippen LogP contribution in [0.3, 0.4) is 0 Å². The monoisotopic (exact) mass is 516 g/mol. The van der Waals surface area contributed by atoms with Crippen molar-refractivity contribution in [1.29, 1.82) is 0 Å². The number of rotatable bonds is 4. The highest BCUT2D eigenvalue weighted by Gasteiger charge is 2.40. The number of carboxylic acids is 2. The highest BCUT2D eigenvalue weighted by Crippen LogP contribution is 2.31. The molecular formula is C20H26F6N4O5. The summed E-state index contributed by atoms with van der Waals surface area (Å²) in [5.74, 6) is -3.88. The first-order valence-corrected chi connectivity index (χ1v) is 10.2. The van der Waals surface area contributed by atoms with Crippen LogP contribution in [0.4, 0.5) is 26.3 Å². The van der Waals surface area contributed by atoms with E-state index >= 15 is 0 Å². The highest BCUT2D eigenvalue weighted by atomic mass is 19.4. The number of likely N-dealkylation sites (tertiary alicyclic amines) is 2. The van der Waals surface area contributed by atoms with Crippen LogP contribution in [-0.4, -0.2) is 107 Å². The Bertz CT molecular complexity index is 813. The van der Waals surface area contributed by atoms with Crippen LogP contribution in [-0.2, 0) is 20.9 Å². The Balaban J connectivity index is 0.000000362. The Morgan fingerprint density at radius 1 is 0.914 bits per heavy atom. The van der Waals surface area contributed by atoms with Gasteiger partial charge in [0.15, 0.2) is 0 Å². The van der Waals surface area contributed by atoms with Gasteiger partial charge in [0.1, 0.15) is 0 Å². The van der Waals surface area contributed by atoms with Gasteiger partial charge < -0.3 is 15.1 Å². The normalized spacial score (nSPS) is 20.1. The van der Waals surface area contributed by atoms with E-state index in [0.29, 0.717) is 18.4 Å². The summed E-state index contributed by atoms with van der Waals surface area (Å²) in [6.45, 7) is 5.90. The molecule has 0 spiro atoms. The zero-order valence-electron chi connectivity index (χ0n) is 18.9. The van der Waals surface area contributed by atoms with Crippen LogP contribution in [0.5, 0.6) is 0 Å². The molecule has 2 atom stereocenters. The molecule has 3 heterocycles. The number of amides is 1. The summed E-state index contributed by atoms with van der Waals surface area (Å²) in [6, 6.07) is 6.10. The van der Waals surface area contributed by atoms with Gasteiger partial charge in [0, 0.05) is 53.0 Å². The van der Waals surface area contributed by atoms with Gasteiger partial charge in [-0.15, -0.1) is 0 Å². The maximum atomic E-state index is 11.8. The van der Waals surface area contributed by atoms with Crippen molar-refractivity contribution in [3.63, 3.8) is 0 Å². The average Bonchev–Trinajstić information content (AvgIpc) is 3.26. The fourth-order valence-electron chi connectivity index (χ4n) is 3.50. The number of aromatic nitrogens is 1. The van der Waals surface area contributed by atoms with Gasteiger partial charge in [-0.1, -0.05) is 6.07 Å². The number of hydrogen-bond donors (Lipinski definition) is 2. The smallest absolute Gasteiger partial charge is 0.475 e. The average molecular weight is 516 g/mol. The highest BCUT2D eigenvalue weighted by molar-refractivity contribution is 5.77. The van der Waals surface area contributed by atoms with Gasteiger partial charge in [-0.05, 0) is 24.0 Å². The van der Waals surface area contributed by atoms with Crippen LogP contribution in [0.25, 0.3) is 0 Å². The fourth-order valence-corrected chi connectivity index (χ4v) is 3.50. The van der Waals surface area contributed by atoms with Crippen molar-refractivity contribution in [3.8, 4) is 0 Å². The Morgan fingerprint density at radius 2 is 1.34 bits per heavy atom. The van der Waals surface area contributed by atoms with Gasteiger partial charge in [0.25, 0.3) is 0 Å². The number of carboxylic acid groups (broad SMARTS) is 2. The van der Waals surface area contributed by atoms with E-state index in [1.807, 2.05) is 32.4 Å². The number of halogens is 6. The molecule has 2 aliphatic heterocycles. The largest absolute Gasteiger partial charge is 0.490 e. The second-order valence-corrected chi connectivity index (χ2v) is 8.12. The first-order chi connectivity index (χ1) is 16.0. The Hall–Kier alpha value is -2.94. The maximum Gasteiger partial charge on any atom is 0.490 e. The minimum Gasteiger partial charge on any atom is -0.475 e. The molecule has 1 aromatic heterocycles. The summed E-state index contributed by atoms with van der Waals surface area (Å²) < 4.78 is 63.5. The molecule has 2 saturated heterocycles. The summed E-state index contributed by atoms with van der Waals surface area (Å²) in [7, 11) is 3.65. The van der Waals surface area contributed by atoms with Crippen molar-refractivity contribution in [2.45, 2.75) is 18.9 Å². The summed E-state index contributed by atoms with van der Waals surface area (Å²) in [5.41, 5.74) is 1.15. The number of pyridine rings is 1. The van der Waals surface area contributed by atoms with Crippen LogP contribution in [0.1, 0.15) is 5.69 Å². The Kier molecular flexibility index (Phi) is 10.9. The number of alkyl halides is 6. The van der Waals surface area contributed by atoms with Gasteiger partial charge in [0.2, 0.25) is 5.91 Å². The van der Waals surface area contributed by atoms with Gasteiger partial charge in [-0.25, -0.2) is 9.59 Å². The molecule has 0 unspecified atom stereocenters. The van der Waals surface area contributed by atoms with E-state index in [2.05, 4.69) is 20.9 Å². The van der Waals surface area contributed by atoms with Gasteiger partial charge in [-0.3, -0.25) is 19.6 Å². The molecule has 0 aromatic carbocycles. The summed E-state index contributed by atoms with van der Waals surface area (Å²) in [4.78, 5) is 40.5. The van der Waals surface area contributed by atoms with E-state index in [1.54, 1.807) is 4.90 Å². The molecule has 198 valence electrons. The first-order valence-electron chi connectivity index (χ1n) is 10.2. The number of nitrogens with zero attached hydrogens (tertiary/aromatic N) is 4.